The van der Waals surface area contributed by atoms with Gasteiger partial charge in [-0.15, -0.1) is 11.3 Å². The van der Waals surface area contributed by atoms with Crippen LogP contribution in [0.15, 0.2) is 75.9 Å². The van der Waals surface area contributed by atoms with Gasteiger partial charge in [0.1, 0.15) is 11.8 Å². The molecule has 0 radical (unpaired) electrons. The number of aliphatic hydroxyl groups excluding tert-OH is 1. The highest BCUT2D eigenvalue weighted by Crippen LogP contribution is 2.24. The molecule has 3 atom stereocenters. The lowest BCUT2D eigenvalue weighted by Gasteiger charge is -2.32. The Morgan fingerprint density at radius 3 is 2.26 bits per heavy atom. The molecule has 0 fully saturated rings. The number of nitrogens with zero attached hydrogens (tertiary/aromatic N) is 4. The molecule has 4 N–H and O–H groups in total. The molecule has 0 aliphatic rings. The highest BCUT2D eigenvalue weighted by atomic mass is 32.2. The zero-order valence-corrected chi connectivity index (χ0v) is 28.8. The maximum atomic E-state index is 14.0. The first-order valence-electron chi connectivity index (χ1n) is 15.4. The second kappa shape index (κ2) is 15.3. The molecule has 2 heterocycles. The number of carbonyl (C=O) groups excluding carboxylic acids is 1. The molecule has 0 aliphatic carbocycles. The fourth-order valence-electron chi connectivity index (χ4n) is 5.43. The molecule has 4 aromatic rings. The van der Waals surface area contributed by atoms with Gasteiger partial charge in [-0.2, -0.15) is 4.31 Å². The second-order valence-electron chi connectivity index (χ2n) is 12.4. The predicted octanol–water partition coefficient (Wildman–Crippen LogP) is 3.51. The van der Waals surface area contributed by atoms with Gasteiger partial charge in [0.05, 0.1) is 40.5 Å². The molecule has 254 valence electrons. The summed E-state index contributed by atoms with van der Waals surface area (Å²) in [6.07, 6.45) is 0.0565. The summed E-state index contributed by atoms with van der Waals surface area (Å²) in [5, 5.41) is 37.5. The third-order valence-electron chi connectivity index (χ3n) is 7.69. The van der Waals surface area contributed by atoms with E-state index in [4.69, 9.17) is 0 Å². The number of aromatic nitrogens is 3. The van der Waals surface area contributed by atoms with E-state index in [1.54, 1.807) is 19.2 Å². The van der Waals surface area contributed by atoms with Crippen molar-refractivity contribution in [2.75, 3.05) is 13.1 Å². The van der Waals surface area contributed by atoms with Gasteiger partial charge in [-0.1, -0.05) is 58.0 Å². The number of nitrogens with one attached hydrogen (secondary N) is 1. The molecule has 14 heteroatoms. The van der Waals surface area contributed by atoms with Crippen LogP contribution in [0.25, 0.3) is 0 Å². The minimum absolute atomic E-state index is 0.0327. The van der Waals surface area contributed by atoms with Crippen LogP contribution < -0.4 is 11.0 Å². The summed E-state index contributed by atoms with van der Waals surface area (Å²) >= 11 is 1.42. The van der Waals surface area contributed by atoms with Crippen LogP contribution in [-0.4, -0.2) is 73.3 Å². The number of rotatable bonds is 15. The van der Waals surface area contributed by atoms with Gasteiger partial charge in [0.2, 0.25) is 21.8 Å². The summed E-state index contributed by atoms with van der Waals surface area (Å²) in [4.78, 5) is 31.8. The molecule has 0 aliphatic heterocycles. The van der Waals surface area contributed by atoms with Crippen molar-refractivity contribution >= 4 is 27.3 Å². The molecular weight excluding hydrogens is 643 g/mol. The first kappa shape index (κ1) is 35.9. The Kier molecular flexibility index (Phi) is 11.7. The fraction of sp³-hybridized carbons (Fsp3) is 0.424. The number of phenolic OH excluding ortho intramolecular Hbond substituents is 1. The van der Waals surface area contributed by atoms with Crippen molar-refractivity contribution in [1.29, 1.82) is 0 Å². The lowest BCUT2D eigenvalue weighted by Crippen LogP contribution is -2.53. The fourth-order valence-corrected chi connectivity index (χ4v) is 7.65. The average Bonchev–Trinajstić information content (AvgIpc) is 3.54. The molecule has 0 bridgehead atoms. The summed E-state index contributed by atoms with van der Waals surface area (Å²) in [6.45, 7) is 8.90. The van der Waals surface area contributed by atoms with Crippen molar-refractivity contribution in [3.63, 3.8) is 0 Å². The van der Waals surface area contributed by atoms with E-state index in [1.165, 1.54) is 50.7 Å². The molecule has 4 rings (SSSR count). The Morgan fingerprint density at radius 1 is 1.02 bits per heavy atom. The van der Waals surface area contributed by atoms with E-state index >= 15 is 0 Å². The number of aromatic hydroxyl groups is 2. The van der Waals surface area contributed by atoms with E-state index < -0.39 is 45.7 Å². The summed E-state index contributed by atoms with van der Waals surface area (Å²) < 4.78 is 30.9. The van der Waals surface area contributed by atoms with E-state index in [0.29, 0.717) is 5.69 Å². The van der Waals surface area contributed by atoms with Gasteiger partial charge >= 0.3 is 5.69 Å². The van der Waals surface area contributed by atoms with Crippen molar-refractivity contribution in [1.82, 2.24) is 23.7 Å². The van der Waals surface area contributed by atoms with Crippen LogP contribution >= 0.6 is 11.3 Å². The van der Waals surface area contributed by atoms with E-state index in [2.05, 4.69) is 10.3 Å². The quantitative estimate of drug-likeness (QED) is 0.148. The molecule has 1 amide bonds. The number of carbonyl (C=O) groups is 1. The summed E-state index contributed by atoms with van der Waals surface area (Å²) in [6, 6.07) is 12.4. The normalized spacial score (nSPS) is 14.1. The Bertz CT molecular complexity index is 1800. The van der Waals surface area contributed by atoms with Crippen molar-refractivity contribution < 1.29 is 28.5 Å². The average molecular weight is 686 g/mol. The first-order valence-corrected chi connectivity index (χ1v) is 17.7. The number of sulfonamides is 1. The van der Waals surface area contributed by atoms with Crippen LogP contribution in [0.3, 0.4) is 0 Å². The van der Waals surface area contributed by atoms with Gasteiger partial charge in [-0.3, -0.25) is 13.9 Å². The molecule has 47 heavy (non-hydrogen) atoms. The van der Waals surface area contributed by atoms with E-state index in [9.17, 15) is 33.3 Å². The lowest BCUT2D eigenvalue weighted by molar-refractivity contribution is -0.127. The molecule has 2 aromatic heterocycles. The zero-order chi connectivity index (χ0) is 34.5. The number of aliphatic hydroxyl groups is 1. The lowest BCUT2D eigenvalue weighted by atomic mass is 9.98. The predicted molar refractivity (Wildman–Crippen MR) is 180 cm³/mol. The summed E-state index contributed by atoms with van der Waals surface area (Å²) in [5.41, 5.74) is 0.812. The van der Waals surface area contributed by atoms with Gasteiger partial charge < -0.3 is 20.6 Å². The molecule has 0 spiro atoms. The van der Waals surface area contributed by atoms with Gasteiger partial charge in [0.15, 0.2) is 0 Å². The van der Waals surface area contributed by atoms with Crippen LogP contribution in [0.5, 0.6) is 11.6 Å². The van der Waals surface area contributed by atoms with Crippen LogP contribution in [0.4, 0.5) is 0 Å². The Morgan fingerprint density at radius 2 is 1.68 bits per heavy atom. The van der Waals surface area contributed by atoms with Gasteiger partial charge in [0, 0.05) is 18.5 Å². The number of imidazole rings is 1. The van der Waals surface area contributed by atoms with Gasteiger partial charge in [-0.25, -0.2) is 18.2 Å². The standard InChI is InChI=1S/C33H43N5O7S2/c1-21(2)16-36(47(44,45)27-13-11-26(39)12-14-27)18-29(40)28(15-24-9-7-6-8-10-24)35-32(42)31(22(3)4)38-19-30(41)37(33(38)43)17-25-20-46-23(5)34-25/h6-14,19-22,28-29,31,39-41H,15-18H2,1-5H3,(H,35,42)/t28-,29+,31-/m0/s1. The van der Waals surface area contributed by atoms with Crippen molar-refractivity contribution in [3.05, 3.63) is 92.9 Å². The monoisotopic (exact) mass is 685 g/mol. The minimum Gasteiger partial charge on any atom is -0.508 e. The maximum Gasteiger partial charge on any atom is 0.332 e. The molecule has 0 saturated carbocycles. The summed E-state index contributed by atoms with van der Waals surface area (Å²) in [7, 11) is -4.08. The highest BCUT2D eigenvalue weighted by Gasteiger charge is 2.34. The molecule has 0 unspecified atom stereocenters. The second-order valence-corrected chi connectivity index (χ2v) is 15.4. The molecule has 0 saturated heterocycles. The van der Waals surface area contributed by atoms with Crippen molar-refractivity contribution in [3.8, 4) is 11.6 Å². The topological polar surface area (TPSA) is 167 Å². The number of benzene rings is 2. The first-order chi connectivity index (χ1) is 22.2. The zero-order valence-electron chi connectivity index (χ0n) is 27.1. The largest absolute Gasteiger partial charge is 0.508 e. The number of phenols is 1. The van der Waals surface area contributed by atoms with Crippen molar-refractivity contribution in [2.45, 2.75) is 70.7 Å². The van der Waals surface area contributed by atoms with E-state index in [1.807, 2.05) is 51.1 Å². The Balaban J connectivity index is 1.64. The third kappa shape index (κ3) is 8.89. The van der Waals surface area contributed by atoms with Crippen molar-refractivity contribution in [2.24, 2.45) is 11.8 Å². The van der Waals surface area contributed by atoms with E-state index in [-0.39, 0.29) is 48.5 Å². The van der Waals surface area contributed by atoms with Crippen LogP contribution in [0.1, 0.15) is 50.0 Å². The highest BCUT2D eigenvalue weighted by molar-refractivity contribution is 7.89. The van der Waals surface area contributed by atoms with Crippen LogP contribution in [-0.2, 0) is 27.8 Å². The number of thiazole rings is 1. The SMILES string of the molecule is Cc1nc(Cn2c(O)cn([C@H](C(=O)N[C@@H](Cc3ccccc3)[C@H](O)CN(CC(C)C)S(=O)(=O)c3ccc(O)cc3)C(C)C)c2=O)cs1. The van der Waals surface area contributed by atoms with Crippen LogP contribution in [0, 0.1) is 18.8 Å². The number of hydrogen-bond acceptors (Lipinski definition) is 9. The summed E-state index contributed by atoms with van der Waals surface area (Å²) in [5.74, 6) is -1.44. The van der Waals surface area contributed by atoms with Gasteiger partial charge in [0.25, 0.3) is 0 Å². The van der Waals surface area contributed by atoms with E-state index in [0.717, 1.165) is 15.1 Å². The Hall–Kier alpha value is -3.98. The number of aryl methyl sites for hydroxylation is 1. The van der Waals surface area contributed by atoms with Gasteiger partial charge in [-0.05, 0) is 55.0 Å². The Labute approximate surface area is 279 Å². The molecule has 2 aromatic carbocycles. The number of amides is 1. The molecular formula is C33H43N5O7S2. The smallest absolute Gasteiger partial charge is 0.332 e. The molecule has 12 nitrogen and oxygen atoms in total. The van der Waals surface area contributed by atoms with Crippen LogP contribution in [0.2, 0.25) is 0 Å². The number of hydrogen-bond donors (Lipinski definition) is 4. The minimum atomic E-state index is -4.08. The third-order valence-corrected chi connectivity index (χ3v) is 10.4. The maximum absolute atomic E-state index is 14.0.